The van der Waals surface area contributed by atoms with Crippen LogP contribution in [0.5, 0.6) is 0 Å². The van der Waals surface area contributed by atoms with Gasteiger partial charge in [-0.1, -0.05) is 23.7 Å². The van der Waals surface area contributed by atoms with Gasteiger partial charge in [-0.15, -0.1) is 0 Å². The van der Waals surface area contributed by atoms with Crippen LogP contribution in [0.4, 0.5) is 0 Å². The average molecular weight is 333 g/mol. The van der Waals surface area contributed by atoms with Gasteiger partial charge in [0.2, 0.25) is 0 Å². The summed E-state index contributed by atoms with van der Waals surface area (Å²) in [7, 11) is 0. The first-order valence-electron chi connectivity index (χ1n) is 7.87. The van der Waals surface area contributed by atoms with Gasteiger partial charge in [0.25, 0.3) is 0 Å². The van der Waals surface area contributed by atoms with Crippen molar-refractivity contribution < 1.29 is 9.84 Å². The summed E-state index contributed by atoms with van der Waals surface area (Å²) in [5.74, 6) is 0. The first-order chi connectivity index (χ1) is 11.2. The molecule has 0 amide bonds. The number of β-amino-alcohol motifs (C(OH)–C–C–N with tert-alkyl or cyclic N) is 1. The molecule has 1 fully saturated rings. The zero-order valence-corrected chi connectivity index (χ0v) is 13.7. The van der Waals surface area contributed by atoms with Crippen LogP contribution in [-0.2, 0) is 11.3 Å². The average Bonchev–Trinajstić information content (AvgIpc) is 3.02. The fraction of sp³-hybridized carbons (Fsp3) is 0.389. The molecule has 0 radical (unpaired) electrons. The molecule has 0 bridgehead atoms. The topological polar surface area (TPSA) is 45.6 Å². The lowest BCUT2D eigenvalue weighted by Crippen LogP contribution is -2.28. The highest BCUT2D eigenvalue weighted by Crippen LogP contribution is 2.21. The van der Waals surface area contributed by atoms with Gasteiger partial charge in [0, 0.05) is 37.1 Å². The molecule has 0 aliphatic carbocycles. The Kier molecular flexibility index (Phi) is 5.62. The van der Waals surface area contributed by atoms with E-state index in [1.807, 2.05) is 36.4 Å². The number of aromatic nitrogens is 1. The number of pyridine rings is 1. The van der Waals surface area contributed by atoms with Crippen LogP contribution in [0.1, 0.15) is 23.7 Å². The molecule has 1 saturated heterocycles. The van der Waals surface area contributed by atoms with Gasteiger partial charge in [-0.05, 0) is 41.8 Å². The smallest absolute Gasteiger partial charge is 0.0916 e. The number of rotatable bonds is 6. The van der Waals surface area contributed by atoms with Crippen molar-refractivity contribution in [2.45, 2.75) is 25.2 Å². The normalized spacial score (nSPS) is 19.8. The molecule has 4 nitrogen and oxygen atoms in total. The molecule has 1 N–H and O–H groups in total. The summed E-state index contributed by atoms with van der Waals surface area (Å²) in [5, 5.41) is 11.0. The first kappa shape index (κ1) is 16.4. The molecule has 2 atom stereocenters. The van der Waals surface area contributed by atoms with E-state index in [1.165, 1.54) is 0 Å². The van der Waals surface area contributed by atoms with E-state index in [4.69, 9.17) is 16.3 Å². The third kappa shape index (κ3) is 4.75. The zero-order valence-electron chi connectivity index (χ0n) is 12.9. The van der Waals surface area contributed by atoms with Gasteiger partial charge in [0.15, 0.2) is 0 Å². The van der Waals surface area contributed by atoms with E-state index in [0.717, 1.165) is 30.6 Å². The van der Waals surface area contributed by atoms with E-state index >= 15 is 0 Å². The van der Waals surface area contributed by atoms with E-state index in [0.29, 0.717) is 18.2 Å². The molecule has 1 aromatic heterocycles. The second kappa shape index (κ2) is 7.88. The predicted octanol–water partition coefficient (Wildman–Crippen LogP) is 3.06. The van der Waals surface area contributed by atoms with E-state index < -0.39 is 6.10 Å². The molecule has 0 saturated carbocycles. The van der Waals surface area contributed by atoms with Crippen LogP contribution in [0, 0.1) is 0 Å². The summed E-state index contributed by atoms with van der Waals surface area (Å²) in [5.41, 5.74) is 2.04. The van der Waals surface area contributed by atoms with Gasteiger partial charge in [-0.25, -0.2) is 0 Å². The molecular formula is C18H21ClN2O2. The lowest BCUT2D eigenvalue weighted by atomic mass is 10.1. The van der Waals surface area contributed by atoms with Crippen molar-refractivity contribution in [3.63, 3.8) is 0 Å². The Morgan fingerprint density at radius 1 is 1.22 bits per heavy atom. The molecule has 122 valence electrons. The summed E-state index contributed by atoms with van der Waals surface area (Å²) in [6.45, 7) is 3.04. The minimum atomic E-state index is -0.494. The number of ether oxygens (including phenoxy) is 1. The minimum Gasteiger partial charge on any atom is -0.387 e. The van der Waals surface area contributed by atoms with Gasteiger partial charge < -0.3 is 9.84 Å². The van der Waals surface area contributed by atoms with E-state index in [2.05, 4.69) is 9.88 Å². The van der Waals surface area contributed by atoms with Gasteiger partial charge >= 0.3 is 0 Å². The predicted molar refractivity (Wildman–Crippen MR) is 90.3 cm³/mol. The number of halogens is 1. The number of hydrogen-bond donors (Lipinski definition) is 1. The van der Waals surface area contributed by atoms with Gasteiger partial charge in [-0.2, -0.15) is 0 Å². The maximum Gasteiger partial charge on any atom is 0.0916 e. The Balaban J connectivity index is 1.45. The molecule has 2 heterocycles. The molecule has 1 aromatic carbocycles. The van der Waals surface area contributed by atoms with E-state index in [9.17, 15) is 5.11 Å². The molecule has 1 aliphatic heterocycles. The summed E-state index contributed by atoms with van der Waals surface area (Å²) in [4.78, 5) is 6.25. The van der Waals surface area contributed by atoms with Crippen molar-refractivity contribution in [1.82, 2.24) is 9.88 Å². The van der Waals surface area contributed by atoms with Crippen LogP contribution in [0.2, 0.25) is 5.02 Å². The lowest BCUT2D eigenvalue weighted by Gasteiger charge is -2.20. The van der Waals surface area contributed by atoms with E-state index in [1.54, 1.807) is 12.4 Å². The quantitative estimate of drug-likeness (QED) is 0.883. The molecule has 2 aromatic rings. The number of aliphatic hydroxyl groups is 1. The molecule has 1 aliphatic rings. The number of hydrogen-bond acceptors (Lipinski definition) is 4. The van der Waals surface area contributed by atoms with Crippen LogP contribution in [0.25, 0.3) is 0 Å². The van der Waals surface area contributed by atoms with Crippen LogP contribution in [0.3, 0.4) is 0 Å². The van der Waals surface area contributed by atoms with Crippen molar-refractivity contribution in [1.29, 1.82) is 0 Å². The largest absolute Gasteiger partial charge is 0.387 e. The van der Waals surface area contributed by atoms with Crippen molar-refractivity contribution >= 4 is 11.6 Å². The third-order valence-electron chi connectivity index (χ3n) is 4.15. The lowest BCUT2D eigenvalue weighted by molar-refractivity contribution is 0.0416. The number of nitrogens with zero attached hydrogens (tertiary/aromatic N) is 2. The summed E-state index contributed by atoms with van der Waals surface area (Å²) < 4.78 is 5.95. The monoisotopic (exact) mass is 332 g/mol. The fourth-order valence-electron chi connectivity index (χ4n) is 2.83. The maximum atomic E-state index is 10.3. The molecule has 3 rings (SSSR count). The highest BCUT2D eigenvalue weighted by molar-refractivity contribution is 6.30. The highest BCUT2D eigenvalue weighted by atomic mass is 35.5. The second-order valence-corrected chi connectivity index (χ2v) is 6.34. The number of likely N-dealkylation sites (tertiary alicyclic amines) is 1. The molecule has 5 heteroatoms. The number of aliphatic hydroxyl groups excluding tert-OH is 1. The van der Waals surface area contributed by atoms with Crippen molar-refractivity contribution in [2.75, 3.05) is 19.6 Å². The Morgan fingerprint density at radius 3 is 2.70 bits per heavy atom. The molecule has 0 spiro atoms. The van der Waals surface area contributed by atoms with Gasteiger partial charge in [-0.3, -0.25) is 9.88 Å². The zero-order chi connectivity index (χ0) is 16.1. The Labute approximate surface area is 141 Å². The van der Waals surface area contributed by atoms with Crippen LogP contribution < -0.4 is 0 Å². The van der Waals surface area contributed by atoms with Crippen LogP contribution in [0.15, 0.2) is 48.8 Å². The maximum absolute atomic E-state index is 10.3. The Hall–Kier alpha value is -1.46. The first-order valence-corrected chi connectivity index (χ1v) is 8.25. The van der Waals surface area contributed by atoms with E-state index in [-0.39, 0.29) is 6.10 Å². The molecular weight excluding hydrogens is 312 g/mol. The van der Waals surface area contributed by atoms with Crippen LogP contribution >= 0.6 is 11.6 Å². The molecule has 23 heavy (non-hydrogen) atoms. The number of benzene rings is 1. The Morgan fingerprint density at radius 2 is 1.96 bits per heavy atom. The highest BCUT2D eigenvalue weighted by Gasteiger charge is 2.25. The summed E-state index contributed by atoms with van der Waals surface area (Å²) >= 11 is 5.88. The second-order valence-electron chi connectivity index (χ2n) is 5.90. The Bertz CT molecular complexity index is 606. The SMILES string of the molecule is O[C@@H](CN1CCC(OCc2ccncc2)C1)c1ccc(Cl)cc1. The van der Waals surface area contributed by atoms with Gasteiger partial charge in [0.1, 0.15) is 0 Å². The summed E-state index contributed by atoms with van der Waals surface area (Å²) in [6, 6.07) is 11.3. The summed E-state index contributed by atoms with van der Waals surface area (Å²) in [6.07, 6.45) is 4.29. The third-order valence-corrected chi connectivity index (χ3v) is 4.40. The van der Waals surface area contributed by atoms with Crippen molar-refractivity contribution in [2.24, 2.45) is 0 Å². The molecule has 1 unspecified atom stereocenters. The standard InChI is InChI=1S/C18H21ClN2O2/c19-16-3-1-15(2-4-16)18(22)12-21-10-7-17(11-21)23-13-14-5-8-20-9-6-14/h1-6,8-9,17-18,22H,7,10-13H2/t17?,18-/m0/s1. The van der Waals surface area contributed by atoms with Crippen molar-refractivity contribution in [3.8, 4) is 0 Å². The minimum absolute atomic E-state index is 0.223. The fourth-order valence-corrected chi connectivity index (χ4v) is 2.95. The van der Waals surface area contributed by atoms with Gasteiger partial charge in [0.05, 0.1) is 18.8 Å². The van der Waals surface area contributed by atoms with Crippen LogP contribution in [-0.4, -0.2) is 40.7 Å². The van der Waals surface area contributed by atoms with Crippen molar-refractivity contribution in [3.05, 3.63) is 64.9 Å².